The highest BCUT2D eigenvalue weighted by Gasteiger charge is 2.51. The largest absolute Gasteiger partial charge is 0.466 e. The Labute approximate surface area is 214 Å². The molecule has 6 nitrogen and oxygen atoms in total. The molecule has 2 amide bonds. The Bertz CT molecular complexity index is 1240. The molecule has 1 fully saturated rings. The summed E-state index contributed by atoms with van der Waals surface area (Å²) in [6.07, 6.45) is 1.29. The quantitative estimate of drug-likeness (QED) is 0.353. The maximum atomic E-state index is 13.9. The van der Waals surface area contributed by atoms with Gasteiger partial charge in [0.15, 0.2) is 0 Å². The van der Waals surface area contributed by atoms with Crippen molar-refractivity contribution >= 4 is 50.8 Å². The lowest BCUT2D eigenvalue weighted by atomic mass is 9.84. The van der Waals surface area contributed by atoms with E-state index in [2.05, 4.69) is 0 Å². The molecule has 4 rings (SSSR count). The first-order valence-corrected chi connectivity index (χ1v) is 13.1. The molecular weight excluding hydrogens is 484 g/mol. The molecule has 2 heterocycles. The number of hydrogen-bond acceptors (Lipinski definition) is 5. The van der Waals surface area contributed by atoms with Crippen LogP contribution in [0.3, 0.4) is 0 Å². The highest BCUT2D eigenvalue weighted by molar-refractivity contribution is 7.17. The second-order valence-electron chi connectivity index (χ2n) is 8.89. The number of nitrogens with zero attached hydrogens (tertiary/aromatic N) is 2. The molecule has 0 aliphatic carbocycles. The highest BCUT2D eigenvalue weighted by Crippen LogP contribution is 2.37. The molecule has 1 aliphatic rings. The smallest absolute Gasteiger partial charge is 0.305 e. The Morgan fingerprint density at radius 3 is 2.69 bits per heavy atom. The third kappa shape index (κ3) is 5.36. The number of benzene rings is 2. The summed E-state index contributed by atoms with van der Waals surface area (Å²) >= 11 is 7.70. The zero-order valence-corrected chi connectivity index (χ0v) is 21.5. The summed E-state index contributed by atoms with van der Waals surface area (Å²) in [7, 11) is 0. The van der Waals surface area contributed by atoms with Crippen molar-refractivity contribution in [3.63, 3.8) is 0 Å². The molecule has 1 atom stereocenters. The van der Waals surface area contributed by atoms with Crippen LogP contribution in [0, 0.1) is 0 Å². The summed E-state index contributed by atoms with van der Waals surface area (Å²) in [5, 5.41) is 3.38. The molecule has 0 spiro atoms. The molecule has 8 heteroatoms. The normalized spacial score (nSPS) is 17.2. The first kappa shape index (κ1) is 25.2. The van der Waals surface area contributed by atoms with Crippen LogP contribution in [0.5, 0.6) is 0 Å². The van der Waals surface area contributed by atoms with Gasteiger partial charge in [0.2, 0.25) is 5.91 Å². The Balaban J connectivity index is 1.54. The van der Waals surface area contributed by atoms with Crippen LogP contribution in [0.2, 0.25) is 5.02 Å². The van der Waals surface area contributed by atoms with Crippen LogP contribution in [-0.2, 0) is 20.9 Å². The van der Waals surface area contributed by atoms with Gasteiger partial charge in [-0.2, -0.15) is 0 Å². The van der Waals surface area contributed by atoms with Crippen LogP contribution in [0.4, 0.5) is 0 Å². The van der Waals surface area contributed by atoms with Gasteiger partial charge in [-0.15, -0.1) is 11.3 Å². The number of rotatable bonds is 9. The minimum atomic E-state index is -0.942. The van der Waals surface area contributed by atoms with Crippen molar-refractivity contribution in [1.82, 2.24) is 9.80 Å². The molecule has 0 saturated carbocycles. The van der Waals surface area contributed by atoms with Crippen molar-refractivity contribution in [2.75, 3.05) is 19.7 Å². The molecule has 1 aromatic heterocycles. The monoisotopic (exact) mass is 512 g/mol. The highest BCUT2D eigenvalue weighted by atomic mass is 35.5. The minimum Gasteiger partial charge on any atom is -0.466 e. The fraction of sp³-hybridized carbons (Fsp3) is 0.370. The first-order chi connectivity index (χ1) is 16.8. The zero-order valence-electron chi connectivity index (χ0n) is 20.0. The van der Waals surface area contributed by atoms with E-state index in [0.717, 1.165) is 15.6 Å². The predicted molar refractivity (Wildman–Crippen MR) is 139 cm³/mol. The maximum absolute atomic E-state index is 13.9. The molecule has 1 saturated heterocycles. The van der Waals surface area contributed by atoms with Crippen molar-refractivity contribution in [2.24, 2.45) is 0 Å². The molecular formula is C27H29ClN2O4S. The number of fused-ring (bicyclic) bond motifs is 1. The van der Waals surface area contributed by atoms with E-state index in [-0.39, 0.29) is 24.2 Å². The Morgan fingerprint density at radius 2 is 1.97 bits per heavy atom. The number of amides is 2. The van der Waals surface area contributed by atoms with Gasteiger partial charge in [-0.1, -0.05) is 41.9 Å². The summed E-state index contributed by atoms with van der Waals surface area (Å²) in [5.74, 6) is -0.530. The summed E-state index contributed by atoms with van der Waals surface area (Å²) in [4.78, 5) is 42.6. The fourth-order valence-electron chi connectivity index (χ4n) is 4.49. The van der Waals surface area contributed by atoms with Gasteiger partial charge < -0.3 is 14.5 Å². The van der Waals surface area contributed by atoms with E-state index in [9.17, 15) is 14.4 Å². The first-order valence-electron chi connectivity index (χ1n) is 11.8. The van der Waals surface area contributed by atoms with Crippen LogP contribution in [0.15, 0.2) is 53.9 Å². The van der Waals surface area contributed by atoms with Crippen molar-refractivity contribution in [1.29, 1.82) is 0 Å². The number of carbonyl (C=O) groups excluding carboxylic acids is 3. The van der Waals surface area contributed by atoms with E-state index in [1.165, 1.54) is 11.3 Å². The van der Waals surface area contributed by atoms with Crippen molar-refractivity contribution < 1.29 is 19.1 Å². The SMILES string of the molecule is CCOC(=O)CCCN(Cc1cccc(Cl)c1)C(=O)[C@]1(C)CCN1C(=O)c1csc2ccccc12. The molecule has 35 heavy (non-hydrogen) atoms. The van der Waals surface area contributed by atoms with E-state index in [4.69, 9.17) is 16.3 Å². The molecule has 2 aromatic carbocycles. The average molecular weight is 513 g/mol. The van der Waals surface area contributed by atoms with Crippen molar-refractivity contribution in [2.45, 2.75) is 45.2 Å². The number of esters is 1. The molecule has 184 valence electrons. The summed E-state index contributed by atoms with van der Waals surface area (Å²) in [6, 6.07) is 15.2. The number of carbonyl (C=O) groups is 3. The molecule has 0 radical (unpaired) electrons. The fourth-order valence-corrected chi connectivity index (χ4v) is 5.64. The summed E-state index contributed by atoms with van der Waals surface area (Å²) < 4.78 is 6.08. The lowest BCUT2D eigenvalue weighted by molar-refractivity contribution is -0.150. The molecule has 1 aliphatic heterocycles. The zero-order chi connectivity index (χ0) is 25.0. The van der Waals surface area contributed by atoms with E-state index >= 15 is 0 Å². The van der Waals surface area contributed by atoms with Crippen LogP contribution in [-0.4, -0.2) is 52.8 Å². The van der Waals surface area contributed by atoms with E-state index in [1.807, 2.05) is 54.8 Å². The Hall–Kier alpha value is -2.90. The van der Waals surface area contributed by atoms with Crippen molar-refractivity contribution in [3.05, 3.63) is 70.1 Å². The second-order valence-corrected chi connectivity index (χ2v) is 10.2. The molecule has 0 N–H and O–H groups in total. The number of thiophene rings is 1. The van der Waals surface area contributed by atoms with Crippen LogP contribution in [0.1, 0.15) is 49.0 Å². The van der Waals surface area contributed by atoms with Gasteiger partial charge in [-0.3, -0.25) is 14.4 Å². The summed E-state index contributed by atoms with van der Waals surface area (Å²) in [6.45, 7) is 5.19. The lowest BCUT2D eigenvalue weighted by Crippen LogP contribution is -2.67. The lowest BCUT2D eigenvalue weighted by Gasteiger charge is -2.51. The third-order valence-electron chi connectivity index (χ3n) is 6.50. The minimum absolute atomic E-state index is 0.125. The number of likely N-dealkylation sites (tertiary alicyclic amines) is 1. The van der Waals surface area contributed by atoms with E-state index < -0.39 is 5.54 Å². The standard InChI is InChI=1S/C27H29ClN2O4S/c1-3-34-24(31)12-7-14-29(17-19-8-6-9-20(28)16-19)26(33)27(2)13-15-30(27)25(32)22-18-35-23-11-5-4-10-21(22)23/h4-6,8-11,16,18H,3,7,12-15,17H2,1-2H3/t27-/m0/s1. The Morgan fingerprint density at radius 1 is 1.17 bits per heavy atom. The van der Waals surface area contributed by atoms with Gasteiger partial charge >= 0.3 is 5.97 Å². The summed E-state index contributed by atoms with van der Waals surface area (Å²) in [5.41, 5.74) is 0.586. The average Bonchev–Trinajstić information content (AvgIpc) is 3.26. The maximum Gasteiger partial charge on any atom is 0.305 e. The molecule has 0 bridgehead atoms. The van der Waals surface area contributed by atoms with Gasteiger partial charge in [-0.25, -0.2) is 0 Å². The second kappa shape index (κ2) is 10.8. The van der Waals surface area contributed by atoms with Crippen LogP contribution < -0.4 is 0 Å². The van der Waals surface area contributed by atoms with E-state index in [1.54, 1.807) is 22.8 Å². The van der Waals surface area contributed by atoms with Gasteiger partial charge in [-0.05, 0) is 50.5 Å². The molecule has 0 unspecified atom stereocenters. The van der Waals surface area contributed by atoms with Crippen molar-refractivity contribution in [3.8, 4) is 0 Å². The molecule has 3 aromatic rings. The Kier molecular flexibility index (Phi) is 7.77. The number of hydrogen-bond donors (Lipinski definition) is 0. The number of halogens is 1. The van der Waals surface area contributed by atoms with Crippen LogP contribution >= 0.6 is 22.9 Å². The topological polar surface area (TPSA) is 66.9 Å². The van der Waals surface area contributed by atoms with Crippen LogP contribution in [0.25, 0.3) is 10.1 Å². The predicted octanol–water partition coefficient (Wildman–Crippen LogP) is 5.53. The van der Waals surface area contributed by atoms with E-state index in [0.29, 0.717) is 49.7 Å². The van der Waals surface area contributed by atoms with Gasteiger partial charge in [0, 0.05) is 46.5 Å². The number of ether oxygens (including phenoxy) is 1. The third-order valence-corrected chi connectivity index (χ3v) is 7.70. The van der Waals surface area contributed by atoms with Gasteiger partial charge in [0.25, 0.3) is 5.91 Å². The van der Waals surface area contributed by atoms with Gasteiger partial charge in [0.05, 0.1) is 12.2 Å². The van der Waals surface area contributed by atoms with Gasteiger partial charge in [0.1, 0.15) is 5.54 Å².